The molecule has 3 aliphatic heterocycles. The third kappa shape index (κ3) is 5.45. The minimum Gasteiger partial charge on any atom is -0.393 e. The van der Waals surface area contributed by atoms with E-state index in [1.54, 1.807) is 0 Å². The van der Waals surface area contributed by atoms with Crippen LogP contribution in [0.2, 0.25) is 0 Å². The molecular formula is C21H36O7. The van der Waals surface area contributed by atoms with Crippen LogP contribution < -0.4 is 0 Å². The Morgan fingerprint density at radius 1 is 0.929 bits per heavy atom. The van der Waals surface area contributed by atoms with Crippen molar-refractivity contribution in [3.05, 3.63) is 0 Å². The second-order valence-electron chi connectivity index (χ2n) is 8.83. The van der Waals surface area contributed by atoms with Crippen molar-refractivity contribution in [2.75, 3.05) is 26.4 Å². The van der Waals surface area contributed by atoms with Crippen LogP contribution in [0.5, 0.6) is 0 Å². The third-order valence-electron chi connectivity index (χ3n) is 6.46. The summed E-state index contributed by atoms with van der Waals surface area (Å²) in [4.78, 5) is 0. The van der Waals surface area contributed by atoms with Crippen LogP contribution in [0.1, 0.15) is 52.4 Å². The molecule has 0 amide bonds. The summed E-state index contributed by atoms with van der Waals surface area (Å²) in [6.45, 7) is 6.13. The SMILES string of the molecule is CCC(CCC(C)O)C1OCC(OC2COC(C3CCC4OC4C3)OC2)CO1. The van der Waals surface area contributed by atoms with E-state index in [0.717, 1.165) is 38.5 Å². The van der Waals surface area contributed by atoms with Crippen molar-refractivity contribution in [2.45, 2.75) is 95.5 Å². The summed E-state index contributed by atoms with van der Waals surface area (Å²) in [7, 11) is 0. The molecule has 7 nitrogen and oxygen atoms in total. The van der Waals surface area contributed by atoms with Gasteiger partial charge >= 0.3 is 0 Å². The number of hydrogen-bond acceptors (Lipinski definition) is 7. The highest BCUT2D eigenvalue weighted by Crippen LogP contribution is 2.41. The van der Waals surface area contributed by atoms with Gasteiger partial charge in [0.15, 0.2) is 12.6 Å². The molecule has 162 valence electrons. The third-order valence-corrected chi connectivity index (χ3v) is 6.46. The number of ether oxygens (including phenoxy) is 6. The Morgan fingerprint density at radius 3 is 2.21 bits per heavy atom. The Bertz CT molecular complexity index is 471. The van der Waals surface area contributed by atoms with E-state index in [1.165, 1.54) is 0 Å². The molecule has 0 aromatic carbocycles. The Hall–Kier alpha value is -0.280. The summed E-state index contributed by atoms with van der Waals surface area (Å²) in [5.41, 5.74) is 0. The summed E-state index contributed by atoms with van der Waals surface area (Å²) in [6, 6.07) is 0. The lowest BCUT2D eigenvalue weighted by atomic mass is 9.88. The summed E-state index contributed by atoms with van der Waals surface area (Å²) < 4.78 is 35.5. The fourth-order valence-corrected chi connectivity index (χ4v) is 4.64. The number of hydrogen-bond donors (Lipinski definition) is 1. The molecule has 3 heterocycles. The van der Waals surface area contributed by atoms with E-state index < -0.39 is 0 Å². The van der Waals surface area contributed by atoms with Crippen LogP contribution in [0.4, 0.5) is 0 Å². The summed E-state index contributed by atoms with van der Waals surface area (Å²) >= 11 is 0. The first-order chi connectivity index (χ1) is 13.6. The van der Waals surface area contributed by atoms with Crippen molar-refractivity contribution in [1.29, 1.82) is 0 Å². The van der Waals surface area contributed by atoms with Crippen LogP contribution in [0.3, 0.4) is 0 Å². The average Bonchev–Trinajstić information content (AvgIpc) is 3.49. The molecule has 5 atom stereocenters. The van der Waals surface area contributed by atoms with Gasteiger partial charge in [-0.2, -0.15) is 0 Å². The Labute approximate surface area is 167 Å². The van der Waals surface area contributed by atoms with Crippen LogP contribution in [-0.4, -0.2) is 74.6 Å². The summed E-state index contributed by atoms with van der Waals surface area (Å²) in [5.74, 6) is 0.752. The highest BCUT2D eigenvalue weighted by atomic mass is 16.7. The molecule has 5 unspecified atom stereocenters. The van der Waals surface area contributed by atoms with Gasteiger partial charge in [0.1, 0.15) is 12.2 Å². The Morgan fingerprint density at radius 2 is 1.61 bits per heavy atom. The van der Waals surface area contributed by atoms with E-state index in [0.29, 0.717) is 50.5 Å². The molecule has 1 aliphatic carbocycles. The van der Waals surface area contributed by atoms with Gasteiger partial charge in [-0.15, -0.1) is 0 Å². The van der Waals surface area contributed by atoms with E-state index in [-0.39, 0.29) is 30.9 Å². The minimum atomic E-state index is -0.282. The van der Waals surface area contributed by atoms with Gasteiger partial charge in [0.05, 0.1) is 44.7 Å². The van der Waals surface area contributed by atoms with Gasteiger partial charge in [0.25, 0.3) is 0 Å². The van der Waals surface area contributed by atoms with E-state index >= 15 is 0 Å². The van der Waals surface area contributed by atoms with Crippen molar-refractivity contribution in [3.8, 4) is 0 Å². The fourth-order valence-electron chi connectivity index (χ4n) is 4.64. The standard InChI is InChI=1S/C21H36O7/c1-3-14(5-4-13(2)22)20-23-9-16(10-24-20)27-17-11-25-21(26-12-17)15-6-7-18-19(8-15)28-18/h13-22H,3-12H2,1-2H3. The van der Waals surface area contributed by atoms with Crippen molar-refractivity contribution >= 4 is 0 Å². The van der Waals surface area contributed by atoms with E-state index in [9.17, 15) is 5.11 Å². The van der Waals surface area contributed by atoms with Gasteiger partial charge in [0, 0.05) is 11.8 Å². The van der Waals surface area contributed by atoms with Gasteiger partial charge in [0.2, 0.25) is 0 Å². The molecule has 4 fully saturated rings. The van der Waals surface area contributed by atoms with Crippen molar-refractivity contribution in [2.24, 2.45) is 11.8 Å². The lowest BCUT2D eigenvalue weighted by Crippen LogP contribution is -2.47. The molecule has 0 aromatic rings. The first-order valence-corrected chi connectivity index (χ1v) is 11.1. The van der Waals surface area contributed by atoms with E-state index in [1.807, 2.05) is 6.92 Å². The zero-order valence-electron chi connectivity index (χ0n) is 17.2. The normalized spacial score (nSPS) is 43.2. The minimum absolute atomic E-state index is 0.0734. The van der Waals surface area contributed by atoms with Crippen molar-refractivity contribution in [3.63, 3.8) is 0 Å². The van der Waals surface area contributed by atoms with Gasteiger partial charge in [-0.05, 0) is 45.4 Å². The van der Waals surface area contributed by atoms with Gasteiger partial charge in [-0.3, -0.25) is 0 Å². The Kier molecular flexibility index (Phi) is 7.25. The monoisotopic (exact) mass is 400 g/mol. The first-order valence-electron chi connectivity index (χ1n) is 11.1. The molecule has 0 radical (unpaired) electrons. The second-order valence-corrected chi connectivity index (χ2v) is 8.83. The molecule has 0 spiro atoms. The van der Waals surface area contributed by atoms with Gasteiger partial charge in [-0.25, -0.2) is 0 Å². The molecule has 0 bridgehead atoms. The fraction of sp³-hybridized carbons (Fsp3) is 1.00. The van der Waals surface area contributed by atoms with Crippen LogP contribution in [0.25, 0.3) is 0 Å². The van der Waals surface area contributed by atoms with Gasteiger partial charge in [-0.1, -0.05) is 6.92 Å². The molecule has 4 rings (SSSR count). The topological polar surface area (TPSA) is 78.9 Å². The largest absolute Gasteiger partial charge is 0.393 e. The van der Waals surface area contributed by atoms with Gasteiger partial charge < -0.3 is 33.5 Å². The molecule has 28 heavy (non-hydrogen) atoms. The molecular weight excluding hydrogens is 364 g/mol. The quantitative estimate of drug-likeness (QED) is 0.626. The smallest absolute Gasteiger partial charge is 0.160 e. The first kappa shape index (κ1) is 21.0. The van der Waals surface area contributed by atoms with Crippen LogP contribution in [0, 0.1) is 11.8 Å². The highest BCUT2D eigenvalue weighted by Gasteiger charge is 2.47. The summed E-state index contributed by atoms with van der Waals surface area (Å²) in [5, 5.41) is 9.50. The molecule has 7 heteroatoms. The maximum atomic E-state index is 9.50. The van der Waals surface area contributed by atoms with E-state index in [4.69, 9.17) is 28.4 Å². The van der Waals surface area contributed by atoms with E-state index in [2.05, 4.69) is 6.92 Å². The number of aliphatic hydroxyl groups is 1. The molecule has 1 saturated carbocycles. The average molecular weight is 401 g/mol. The Balaban J connectivity index is 1.13. The number of aliphatic hydroxyl groups excluding tert-OH is 1. The summed E-state index contributed by atoms with van der Waals surface area (Å²) in [6.07, 6.45) is 6.14. The van der Waals surface area contributed by atoms with Crippen LogP contribution >= 0.6 is 0 Å². The maximum Gasteiger partial charge on any atom is 0.160 e. The predicted molar refractivity (Wildman–Crippen MR) is 101 cm³/mol. The number of rotatable bonds is 8. The number of epoxide rings is 1. The maximum absolute atomic E-state index is 9.50. The highest BCUT2D eigenvalue weighted by molar-refractivity contribution is 4.93. The van der Waals surface area contributed by atoms with Crippen LogP contribution in [0.15, 0.2) is 0 Å². The number of fused-ring (bicyclic) bond motifs is 1. The molecule has 1 N–H and O–H groups in total. The predicted octanol–water partition coefficient (Wildman–Crippen LogP) is 2.24. The zero-order chi connectivity index (χ0) is 19.5. The zero-order valence-corrected chi connectivity index (χ0v) is 17.2. The lowest BCUT2D eigenvalue weighted by molar-refractivity contribution is -0.287. The lowest BCUT2D eigenvalue weighted by Gasteiger charge is -2.38. The van der Waals surface area contributed by atoms with Crippen molar-refractivity contribution < 1.29 is 33.5 Å². The molecule has 4 aliphatic rings. The molecule has 3 saturated heterocycles. The molecule has 0 aromatic heterocycles. The van der Waals surface area contributed by atoms with Crippen molar-refractivity contribution in [1.82, 2.24) is 0 Å². The second kappa shape index (κ2) is 9.69. The van der Waals surface area contributed by atoms with Crippen LogP contribution in [-0.2, 0) is 28.4 Å².